The number of phenols is 1. The van der Waals surface area contributed by atoms with Gasteiger partial charge in [-0.15, -0.1) is 5.10 Å². The van der Waals surface area contributed by atoms with Crippen molar-refractivity contribution in [2.45, 2.75) is 0 Å². The van der Waals surface area contributed by atoms with Crippen LogP contribution in [-0.4, -0.2) is 17.0 Å². The van der Waals surface area contributed by atoms with E-state index in [2.05, 4.69) is 10.2 Å². The predicted octanol–water partition coefficient (Wildman–Crippen LogP) is 5.56. The molecule has 0 fully saturated rings. The molecule has 28 heavy (non-hydrogen) atoms. The second kappa shape index (κ2) is 7.84. The van der Waals surface area contributed by atoms with E-state index in [-0.39, 0.29) is 11.6 Å². The molecule has 0 bridgehead atoms. The third-order valence-corrected chi connectivity index (χ3v) is 4.45. The fourth-order valence-electron chi connectivity index (χ4n) is 3.01. The van der Waals surface area contributed by atoms with Crippen LogP contribution in [0.25, 0.3) is 10.8 Å². The van der Waals surface area contributed by atoms with Gasteiger partial charge in [-0.3, -0.25) is 0 Å². The highest BCUT2D eigenvalue weighted by Gasteiger charge is 2.07. The van der Waals surface area contributed by atoms with Gasteiger partial charge in [0.15, 0.2) is 0 Å². The maximum atomic E-state index is 13.3. The van der Waals surface area contributed by atoms with Crippen LogP contribution in [-0.2, 0) is 0 Å². The van der Waals surface area contributed by atoms with Crippen molar-refractivity contribution in [2.75, 3.05) is 0 Å². The molecule has 0 saturated carbocycles. The van der Waals surface area contributed by atoms with Gasteiger partial charge in [-0.25, -0.2) is 4.39 Å². The van der Waals surface area contributed by atoms with E-state index in [1.807, 2.05) is 60.7 Å². The second-order valence-corrected chi connectivity index (χ2v) is 6.29. The van der Waals surface area contributed by atoms with Gasteiger partial charge in [0.05, 0.1) is 6.21 Å². The molecule has 1 N–H and O–H groups in total. The van der Waals surface area contributed by atoms with Gasteiger partial charge in [-0.05, 0) is 35.7 Å². The molecule has 0 unspecified atom stereocenters. The SMILES string of the molecule is Oc1c(/C=N/N=C(\c2ccccc2)c2ccc(F)cc2)ccc2ccccc12. The zero-order valence-corrected chi connectivity index (χ0v) is 15.0. The number of hydrogen-bond donors (Lipinski definition) is 1. The van der Waals surface area contributed by atoms with Gasteiger partial charge in [-0.1, -0.05) is 60.7 Å². The topological polar surface area (TPSA) is 45.0 Å². The van der Waals surface area contributed by atoms with Crippen molar-refractivity contribution in [3.63, 3.8) is 0 Å². The van der Waals surface area contributed by atoms with Crippen LogP contribution in [0, 0.1) is 5.82 Å². The normalized spacial score (nSPS) is 12.0. The van der Waals surface area contributed by atoms with Gasteiger partial charge in [0.2, 0.25) is 0 Å². The lowest BCUT2D eigenvalue weighted by Crippen LogP contribution is -2.02. The monoisotopic (exact) mass is 368 g/mol. The van der Waals surface area contributed by atoms with Crippen LogP contribution in [0.3, 0.4) is 0 Å². The molecular formula is C24H17FN2O. The number of phenolic OH excluding ortho intramolecular Hbond substituents is 1. The van der Waals surface area contributed by atoms with E-state index in [1.54, 1.807) is 18.2 Å². The second-order valence-electron chi connectivity index (χ2n) is 6.29. The molecule has 0 heterocycles. The first kappa shape index (κ1) is 17.6. The van der Waals surface area contributed by atoms with Crippen LogP contribution >= 0.6 is 0 Å². The molecule has 4 rings (SSSR count). The van der Waals surface area contributed by atoms with Crippen molar-refractivity contribution >= 4 is 22.7 Å². The van der Waals surface area contributed by atoms with Crippen molar-refractivity contribution in [1.29, 1.82) is 0 Å². The lowest BCUT2D eigenvalue weighted by Gasteiger charge is -2.06. The third kappa shape index (κ3) is 3.67. The molecule has 136 valence electrons. The number of aromatic hydroxyl groups is 1. The Morgan fingerprint density at radius 3 is 2.21 bits per heavy atom. The highest BCUT2D eigenvalue weighted by atomic mass is 19.1. The molecular weight excluding hydrogens is 351 g/mol. The quantitative estimate of drug-likeness (QED) is 0.372. The smallest absolute Gasteiger partial charge is 0.132 e. The molecule has 0 radical (unpaired) electrons. The Bertz CT molecular complexity index is 1170. The lowest BCUT2D eigenvalue weighted by atomic mass is 10.0. The third-order valence-electron chi connectivity index (χ3n) is 4.45. The number of hydrogen-bond acceptors (Lipinski definition) is 3. The van der Waals surface area contributed by atoms with Crippen LogP contribution in [0.15, 0.2) is 101 Å². The Hall–Kier alpha value is -3.79. The standard InChI is InChI=1S/C24H17FN2O/c25-21-14-12-19(13-15-21)23(18-7-2-1-3-8-18)27-26-16-20-11-10-17-6-4-5-9-22(17)24(20)28/h1-16,28H/b26-16+,27-23+. The van der Waals surface area contributed by atoms with Crippen LogP contribution in [0.4, 0.5) is 4.39 Å². The Balaban J connectivity index is 1.73. The summed E-state index contributed by atoms with van der Waals surface area (Å²) in [7, 11) is 0. The summed E-state index contributed by atoms with van der Waals surface area (Å²) in [5, 5.41) is 20.8. The van der Waals surface area contributed by atoms with Crippen molar-refractivity contribution in [1.82, 2.24) is 0 Å². The van der Waals surface area contributed by atoms with Crippen molar-refractivity contribution in [3.8, 4) is 5.75 Å². The van der Waals surface area contributed by atoms with Crippen molar-refractivity contribution < 1.29 is 9.50 Å². The summed E-state index contributed by atoms with van der Waals surface area (Å²) in [5.74, 6) is -0.138. The number of benzene rings is 4. The summed E-state index contributed by atoms with van der Waals surface area (Å²) in [6.45, 7) is 0. The van der Waals surface area contributed by atoms with Crippen molar-refractivity contribution in [2.24, 2.45) is 10.2 Å². The van der Waals surface area contributed by atoms with E-state index in [1.165, 1.54) is 18.3 Å². The molecule has 3 nitrogen and oxygen atoms in total. The minimum Gasteiger partial charge on any atom is -0.507 e. The maximum Gasteiger partial charge on any atom is 0.132 e. The fourth-order valence-corrected chi connectivity index (χ4v) is 3.01. The summed E-state index contributed by atoms with van der Waals surface area (Å²) in [6, 6.07) is 27.1. The van der Waals surface area contributed by atoms with E-state index in [9.17, 15) is 9.50 Å². The molecule has 4 heteroatoms. The van der Waals surface area contributed by atoms with Gasteiger partial charge in [-0.2, -0.15) is 5.10 Å². The van der Waals surface area contributed by atoms with Gasteiger partial charge in [0.25, 0.3) is 0 Å². The van der Waals surface area contributed by atoms with E-state index < -0.39 is 0 Å². The first-order valence-electron chi connectivity index (χ1n) is 8.85. The zero-order chi connectivity index (χ0) is 19.3. The van der Waals surface area contributed by atoms with Gasteiger partial charge in [0, 0.05) is 22.1 Å². The molecule has 0 aliphatic rings. The summed E-state index contributed by atoms with van der Waals surface area (Å²) >= 11 is 0. The van der Waals surface area contributed by atoms with E-state index in [4.69, 9.17) is 0 Å². The number of halogens is 1. The summed E-state index contributed by atoms with van der Waals surface area (Å²) in [4.78, 5) is 0. The molecule has 0 aliphatic heterocycles. The van der Waals surface area contributed by atoms with E-state index >= 15 is 0 Å². The zero-order valence-electron chi connectivity index (χ0n) is 15.0. The summed E-state index contributed by atoms with van der Waals surface area (Å²) in [6.07, 6.45) is 1.52. The average molecular weight is 368 g/mol. The van der Waals surface area contributed by atoms with E-state index in [0.29, 0.717) is 11.3 Å². The number of fused-ring (bicyclic) bond motifs is 1. The Labute approximate surface area is 162 Å². The molecule has 0 saturated heterocycles. The minimum atomic E-state index is -0.305. The first-order chi connectivity index (χ1) is 13.7. The Kier molecular flexibility index (Phi) is 4.93. The molecule has 0 aromatic heterocycles. The van der Waals surface area contributed by atoms with E-state index in [0.717, 1.165) is 21.9 Å². The van der Waals surface area contributed by atoms with Gasteiger partial charge < -0.3 is 5.11 Å². The highest BCUT2D eigenvalue weighted by Crippen LogP contribution is 2.27. The average Bonchev–Trinajstić information content (AvgIpc) is 2.74. The van der Waals surface area contributed by atoms with Crippen LogP contribution < -0.4 is 0 Å². The Morgan fingerprint density at radius 1 is 0.750 bits per heavy atom. The number of nitrogens with zero attached hydrogens (tertiary/aromatic N) is 2. The van der Waals surface area contributed by atoms with Crippen LogP contribution in [0.2, 0.25) is 0 Å². The summed E-state index contributed by atoms with van der Waals surface area (Å²) < 4.78 is 13.3. The molecule has 0 spiro atoms. The molecule has 0 aliphatic carbocycles. The predicted molar refractivity (Wildman–Crippen MR) is 112 cm³/mol. The largest absolute Gasteiger partial charge is 0.507 e. The van der Waals surface area contributed by atoms with Crippen LogP contribution in [0.5, 0.6) is 5.75 Å². The molecule has 0 atom stereocenters. The minimum absolute atomic E-state index is 0.167. The lowest BCUT2D eigenvalue weighted by molar-refractivity contribution is 0.481. The first-order valence-corrected chi connectivity index (χ1v) is 8.85. The highest BCUT2D eigenvalue weighted by molar-refractivity contribution is 6.13. The summed E-state index contributed by atoms with van der Waals surface area (Å²) in [5.41, 5.74) is 2.83. The van der Waals surface area contributed by atoms with Gasteiger partial charge >= 0.3 is 0 Å². The molecule has 4 aromatic rings. The molecule has 0 amide bonds. The number of rotatable bonds is 4. The van der Waals surface area contributed by atoms with Crippen LogP contribution in [0.1, 0.15) is 16.7 Å². The molecule has 4 aromatic carbocycles. The van der Waals surface area contributed by atoms with Gasteiger partial charge in [0.1, 0.15) is 17.3 Å². The van der Waals surface area contributed by atoms with Crippen molar-refractivity contribution in [3.05, 3.63) is 114 Å². The Morgan fingerprint density at radius 2 is 1.43 bits per heavy atom. The fraction of sp³-hybridized carbons (Fsp3) is 0. The maximum absolute atomic E-state index is 13.3.